The number of nitrogens with zero attached hydrogens (tertiary/aromatic N) is 5. The van der Waals surface area contributed by atoms with E-state index in [4.69, 9.17) is 9.84 Å². The molecular weight excluding hydrogens is 446 g/mol. The van der Waals surface area contributed by atoms with Gasteiger partial charge in [0.05, 0.1) is 29.1 Å². The van der Waals surface area contributed by atoms with Gasteiger partial charge in [-0.05, 0) is 31.2 Å². The number of para-hydroxylation sites is 2. The first-order chi connectivity index (χ1) is 16.6. The molecule has 3 heterocycles. The number of benzene rings is 2. The van der Waals surface area contributed by atoms with Gasteiger partial charge < -0.3 is 9.64 Å². The Morgan fingerprint density at radius 1 is 1.03 bits per heavy atom. The number of piperazine rings is 1. The van der Waals surface area contributed by atoms with Crippen molar-refractivity contribution in [2.24, 2.45) is 0 Å². The van der Waals surface area contributed by atoms with Crippen molar-refractivity contribution in [3.8, 4) is 22.7 Å². The number of hydrogen-bond donors (Lipinski definition) is 0. The van der Waals surface area contributed by atoms with Gasteiger partial charge in [0.25, 0.3) is 5.91 Å². The van der Waals surface area contributed by atoms with Crippen LogP contribution in [0.1, 0.15) is 21.1 Å². The predicted octanol–water partition coefficient (Wildman–Crippen LogP) is 4.27. The molecule has 2 aromatic carbocycles. The van der Waals surface area contributed by atoms with Gasteiger partial charge in [-0.15, -0.1) is 11.3 Å². The van der Waals surface area contributed by atoms with Gasteiger partial charge in [0.15, 0.2) is 0 Å². The first-order valence-electron chi connectivity index (χ1n) is 11.3. The zero-order valence-electron chi connectivity index (χ0n) is 19.3. The molecule has 34 heavy (non-hydrogen) atoms. The average molecular weight is 474 g/mol. The number of hydrogen-bond acceptors (Lipinski definition) is 6. The van der Waals surface area contributed by atoms with E-state index in [1.54, 1.807) is 23.1 Å². The maximum Gasteiger partial charge on any atom is 0.257 e. The lowest BCUT2D eigenvalue weighted by atomic mass is 10.1. The summed E-state index contributed by atoms with van der Waals surface area (Å²) in [7, 11) is 1.64. The molecule has 1 saturated heterocycles. The number of methoxy groups -OCH3 is 1. The van der Waals surface area contributed by atoms with E-state index < -0.39 is 0 Å². The Hall–Kier alpha value is -3.49. The van der Waals surface area contributed by atoms with Crippen molar-refractivity contribution in [3.63, 3.8) is 0 Å². The van der Waals surface area contributed by atoms with Crippen LogP contribution in [0.5, 0.6) is 5.75 Å². The van der Waals surface area contributed by atoms with Crippen LogP contribution in [-0.2, 0) is 6.54 Å². The SMILES string of the molecule is COc1ccccc1-c1nn(-c2ccccc2)cc1C(=O)N1CCN(Cc2csc(C)n2)CC1. The molecule has 1 aliphatic heterocycles. The summed E-state index contributed by atoms with van der Waals surface area (Å²) in [5, 5.41) is 8.02. The third-order valence-electron chi connectivity index (χ3n) is 6.04. The Morgan fingerprint density at radius 3 is 2.47 bits per heavy atom. The minimum Gasteiger partial charge on any atom is -0.496 e. The minimum atomic E-state index is -0.00719. The highest BCUT2D eigenvalue weighted by Gasteiger charge is 2.28. The zero-order chi connectivity index (χ0) is 23.5. The van der Waals surface area contributed by atoms with Gasteiger partial charge in [-0.3, -0.25) is 9.69 Å². The van der Waals surface area contributed by atoms with Crippen LogP contribution in [0, 0.1) is 6.92 Å². The van der Waals surface area contributed by atoms with Gasteiger partial charge in [-0.25, -0.2) is 9.67 Å². The van der Waals surface area contributed by atoms with Gasteiger partial charge in [0.1, 0.15) is 11.4 Å². The summed E-state index contributed by atoms with van der Waals surface area (Å²) in [5.74, 6) is 0.686. The topological polar surface area (TPSA) is 63.5 Å². The quantitative estimate of drug-likeness (QED) is 0.419. The summed E-state index contributed by atoms with van der Waals surface area (Å²) in [5.41, 5.74) is 4.02. The molecule has 0 atom stereocenters. The largest absolute Gasteiger partial charge is 0.496 e. The molecule has 4 aromatic rings. The average Bonchev–Trinajstić information content (AvgIpc) is 3.51. The predicted molar refractivity (Wildman–Crippen MR) is 134 cm³/mol. The third kappa shape index (κ3) is 4.60. The molecule has 0 radical (unpaired) electrons. The van der Waals surface area contributed by atoms with Gasteiger partial charge >= 0.3 is 0 Å². The smallest absolute Gasteiger partial charge is 0.257 e. The molecule has 0 bridgehead atoms. The molecule has 1 aliphatic rings. The Labute approximate surface area is 203 Å². The van der Waals surface area contributed by atoms with Crippen molar-refractivity contribution in [2.45, 2.75) is 13.5 Å². The van der Waals surface area contributed by atoms with Crippen LogP contribution >= 0.6 is 11.3 Å². The Balaban J connectivity index is 1.41. The lowest BCUT2D eigenvalue weighted by Gasteiger charge is -2.34. The summed E-state index contributed by atoms with van der Waals surface area (Å²) < 4.78 is 7.36. The van der Waals surface area contributed by atoms with Crippen LogP contribution < -0.4 is 4.74 Å². The Morgan fingerprint density at radius 2 is 1.76 bits per heavy atom. The van der Waals surface area contributed by atoms with Crippen molar-refractivity contribution >= 4 is 17.2 Å². The zero-order valence-corrected chi connectivity index (χ0v) is 20.2. The molecule has 7 nitrogen and oxygen atoms in total. The van der Waals surface area contributed by atoms with Crippen molar-refractivity contribution < 1.29 is 9.53 Å². The number of amides is 1. The summed E-state index contributed by atoms with van der Waals surface area (Å²) in [4.78, 5) is 22.6. The van der Waals surface area contributed by atoms with Crippen LogP contribution in [0.3, 0.4) is 0 Å². The summed E-state index contributed by atoms with van der Waals surface area (Å²) in [6.07, 6.45) is 1.84. The van der Waals surface area contributed by atoms with Gasteiger partial charge in [-0.2, -0.15) is 5.10 Å². The number of rotatable bonds is 6. The molecule has 1 fully saturated rings. The molecule has 0 aliphatic carbocycles. The number of carbonyl (C=O) groups excluding carboxylic acids is 1. The number of aryl methyl sites for hydroxylation is 1. The van der Waals surface area contributed by atoms with Crippen molar-refractivity contribution in [3.05, 3.63) is 82.4 Å². The standard InChI is InChI=1S/C26H27N5O2S/c1-19-27-20(18-34-19)16-29-12-14-30(15-13-29)26(32)23-17-31(21-8-4-3-5-9-21)28-25(23)22-10-6-7-11-24(22)33-2/h3-11,17-18H,12-16H2,1-2H3. The number of carbonyl (C=O) groups is 1. The molecular formula is C26H27N5O2S. The summed E-state index contributed by atoms with van der Waals surface area (Å²) in [6, 6.07) is 17.5. The van der Waals surface area contributed by atoms with E-state index in [0.29, 0.717) is 30.1 Å². The molecule has 0 spiro atoms. The molecule has 2 aromatic heterocycles. The maximum absolute atomic E-state index is 13.7. The fourth-order valence-corrected chi connectivity index (χ4v) is 4.88. The Kier molecular flexibility index (Phi) is 6.42. The molecule has 1 amide bonds. The molecule has 174 valence electrons. The second-order valence-electron chi connectivity index (χ2n) is 8.30. The van der Waals surface area contributed by atoms with Crippen LogP contribution in [0.4, 0.5) is 0 Å². The maximum atomic E-state index is 13.7. The van der Waals surface area contributed by atoms with Crippen LogP contribution in [0.15, 0.2) is 66.2 Å². The summed E-state index contributed by atoms with van der Waals surface area (Å²) >= 11 is 1.68. The molecule has 0 unspecified atom stereocenters. The monoisotopic (exact) mass is 473 g/mol. The fourth-order valence-electron chi connectivity index (χ4n) is 4.27. The molecule has 0 N–H and O–H groups in total. The Bertz CT molecular complexity index is 1280. The van der Waals surface area contributed by atoms with E-state index in [-0.39, 0.29) is 5.91 Å². The van der Waals surface area contributed by atoms with Crippen molar-refractivity contribution in [2.75, 3.05) is 33.3 Å². The van der Waals surface area contributed by atoms with E-state index in [1.165, 1.54) is 0 Å². The fraction of sp³-hybridized carbons (Fsp3) is 0.269. The number of ether oxygens (including phenoxy) is 1. The lowest BCUT2D eigenvalue weighted by Crippen LogP contribution is -2.48. The van der Waals surface area contributed by atoms with Gasteiger partial charge in [-0.1, -0.05) is 30.3 Å². The van der Waals surface area contributed by atoms with E-state index >= 15 is 0 Å². The van der Waals surface area contributed by atoms with Gasteiger partial charge in [0.2, 0.25) is 0 Å². The second kappa shape index (κ2) is 9.79. The summed E-state index contributed by atoms with van der Waals surface area (Å²) in [6.45, 7) is 5.83. The van der Waals surface area contributed by atoms with Crippen LogP contribution in [0.25, 0.3) is 16.9 Å². The molecule has 5 rings (SSSR count). The van der Waals surface area contributed by atoms with Gasteiger partial charge in [0, 0.05) is 49.9 Å². The first-order valence-corrected chi connectivity index (χ1v) is 12.2. The molecule has 0 saturated carbocycles. The second-order valence-corrected chi connectivity index (χ2v) is 9.36. The highest BCUT2D eigenvalue weighted by molar-refractivity contribution is 7.09. The third-order valence-corrected chi connectivity index (χ3v) is 6.86. The first kappa shape index (κ1) is 22.3. The highest BCUT2D eigenvalue weighted by Crippen LogP contribution is 2.32. The number of aromatic nitrogens is 3. The highest BCUT2D eigenvalue weighted by atomic mass is 32.1. The van der Waals surface area contributed by atoms with E-state index in [2.05, 4.69) is 15.3 Å². The van der Waals surface area contributed by atoms with Crippen LogP contribution in [-0.4, -0.2) is 63.8 Å². The van der Waals surface area contributed by atoms with Crippen molar-refractivity contribution in [1.82, 2.24) is 24.6 Å². The van der Waals surface area contributed by atoms with Crippen LogP contribution in [0.2, 0.25) is 0 Å². The lowest BCUT2D eigenvalue weighted by molar-refractivity contribution is 0.0628. The van der Waals surface area contributed by atoms with E-state index in [1.807, 2.05) is 72.6 Å². The molecule has 8 heteroatoms. The normalized spacial score (nSPS) is 14.4. The van der Waals surface area contributed by atoms with E-state index in [9.17, 15) is 4.79 Å². The number of thiazole rings is 1. The van der Waals surface area contributed by atoms with E-state index in [0.717, 1.165) is 41.6 Å². The van der Waals surface area contributed by atoms with Crippen molar-refractivity contribution in [1.29, 1.82) is 0 Å². The minimum absolute atomic E-state index is 0.00719.